The molecule has 0 unspecified atom stereocenters. The van der Waals surface area contributed by atoms with Crippen LogP contribution in [0.25, 0.3) is 0 Å². The van der Waals surface area contributed by atoms with Crippen molar-refractivity contribution in [3.63, 3.8) is 0 Å². The molecule has 2 amide bonds. The maximum absolute atomic E-state index is 12.6. The lowest BCUT2D eigenvalue weighted by molar-refractivity contribution is -0.115. The highest BCUT2D eigenvalue weighted by molar-refractivity contribution is 6.33. The number of aromatic nitrogens is 1. The standard InChI is InChI=1S/C14H11ClN4O2/c15-13-9(5-8(16)6-17-13)14(21)19-7-12(20)18-10-3-1-2-4-11(10)19/h1-6H,7,16H2,(H,18,20). The summed E-state index contributed by atoms with van der Waals surface area (Å²) < 4.78 is 0. The largest absolute Gasteiger partial charge is 0.397 e. The summed E-state index contributed by atoms with van der Waals surface area (Å²) >= 11 is 5.96. The smallest absolute Gasteiger partial charge is 0.262 e. The van der Waals surface area contributed by atoms with Crippen molar-refractivity contribution in [3.05, 3.63) is 47.2 Å². The SMILES string of the molecule is Nc1cnc(Cl)c(C(=O)N2CC(=O)Nc3ccccc32)c1. The quantitative estimate of drug-likeness (QED) is 0.788. The van der Waals surface area contributed by atoms with Crippen LogP contribution in [0.2, 0.25) is 5.15 Å². The second kappa shape index (κ2) is 5.06. The van der Waals surface area contributed by atoms with E-state index in [2.05, 4.69) is 10.3 Å². The van der Waals surface area contributed by atoms with Gasteiger partial charge in [0.25, 0.3) is 5.91 Å². The van der Waals surface area contributed by atoms with Gasteiger partial charge in [-0.3, -0.25) is 14.5 Å². The van der Waals surface area contributed by atoms with Gasteiger partial charge in [-0.1, -0.05) is 23.7 Å². The number of hydrogen-bond donors (Lipinski definition) is 2. The van der Waals surface area contributed by atoms with Gasteiger partial charge in [0.15, 0.2) is 0 Å². The number of nitrogens with one attached hydrogen (secondary N) is 1. The van der Waals surface area contributed by atoms with Gasteiger partial charge < -0.3 is 11.1 Å². The highest BCUT2D eigenvalue weighted by Crippen LogP contribution is 2.31. The number of carbonyl (C=O) groups is 2. The second-order valence-electron chi connectivity index (χ2n) is 4.56. The molecule has 1 aliphatic rings. The third-order valence-electron chi connectivity index (χ3n) is 3.11. The fraction of sp³-hybridized carbons (Fsp3) is 0.0714. The molecule has 0 aliphatic carbocycles. The molecule has 1 aliphatic heterocycles. The van der Waals surface area contributed by atoms with E-state index in [0.717, 1.165) is 0 Å². The average Bonchev–Trinajstić information content (AvgIpc) is 2.48. The van der Waals surface area contributed by atoms with Crippen LogP contribution in [0.4, 0.5) is 17.1 Å². The average molecular weight is 303 g/mol. The molecule has 2 aromatic rings. The lowest BCUT2D eigenvalue weighted by atomic mass is 10.1. The summed E-state index contributed by atoms with van der Waals surface area (Å²) in [6.45, 7) is -0.0824. The maximum Gasteiger partial charge on any atom is 0.262 e. The van der Waals surface area contributed by atoms with E-state index in [1.165, 1.54) is 17.2 Å². The molecule has 2 heterocycles. The van der Waals surface area contributed by atoms with Crippen molar-refractivity contribution in [2.24, 2.45) is 0 Å². The van der Waals surface area contributed by atoms with E-state index < -0.39 is 5.91 Å². The summed E-state index contributed by atoms with van der Waals surface area (Å²) in [5.74, 6) is -0.683. The number of amides is 2. The Morgan fingerprint density at radius 1 is 1.38 bits per heavy atom. The summed E-state index contributed by atoms with van der Waals surface area (Å²) in [6.07, 6.45) is 1.37. The van der Waals surface area contributed by atoms with Gasteiger partial charge in [0.1, 0.15) is 11.7 Å². The van der Waals surface area contributed by atoms with Crippen LogP contribution in [-0.2, 0) is 4.79 Å². The normalized spacial score (nSPS) is 13.6. The molecule has 3 N–H and O–H groups in total. The third kappa shape index (κ3) is 2.41. The Bertz CT molecular complexity index is 748. The highest BCUT2D eigenvalue weighted by Gasteiger charge is 2.28. The molecule has 0 saturated carbocycles. The predicted molar refractivity (Wildman–Crippen MR) is 80.4 cm³/mol. The number of nitrogens with zero attached hydrogens (tertiary/aromatic N) is 2. The van der Waals surface area contributed by atoms with Gasteiger partial charge in [0, 0.05) is 0 Å². The molecule has 0 saturated heterocycles. The first kappa shape index (κ1) is 13.4. The van der Waals surface area contributed by atoms with E-state index >= 15 is 0 Å². The molecule has 3 rings (SSSR count). The van der Waals surface area contributed by atoms with E-state index in [1.54, 1.807) is 24.3 Å². The number of nitrogens with two attached hydrogens (primary N) is 1. The summed E-state index contributed by atoms with van der Waals surface area (Å²) in [5, 5.41) is 2.77. The van der Waals surface area contributed by atoms with Crippen LogP contribution in [0, 0.1) is 0 Å². The summed E-state index contributed by atoms with van der Waals surface area (Å²) in [4.78, 5) is 29.6. The number of fused-ring (bicyclic) bond motifs is 1. The monoisotopic (exact) mass is 302 g/mol. The Balaban J connectivity index is 2.06. The Kier molecular flexibility index (Phi) is 3.23. The number of para-hydroxylation sites is 2. The number of hydrogen-bond acceptors (Lipinski definition) is 4. The molecule has 0 atom stereocenters. The van der Waals surface area contributed by atoms with Gasteiger partial charge in [-0.25, -0.2) is 4.98 Å². The first-order chi connectivity index (χ1) is 10.1. The second-order valence-corrected chi connectivity index (χ2v) is 4.92. The number of carbonyl (C=O) groups excluding carboxylic acids is 2. The molecule has 0 radical (unpaired) electrons. The summed E-state index contributed by atoms with van der Waals surface area (Å²) in [5.41, 5.74) is 7.33. The molecule has 6 nitrogen and oxygen atoms in total. The molecule has 1 aromatic carbocycles. The van der Waals surface area contributed by atoms with Gasteiger partial charge in [-0.2, -0.15) is 0 Å². The number of rotatable bonds is 1. The van der Waals surface area contributed by atoms with Crippen LogP contribution in [0.3, 0.4) is 0 Å². The minimum atomic E-state index is -0.415. The van der Waals surface area contributed by atoms with Gasteiger partial charge in [-0.05, 0) is 18.2 Å². The molecule has 0 bridgehead atoms. The topological polar surface area (TPSA) is 88.3 Å². The molecule has 1 aromatic heterocycles. The number of halogens is 1. The van der Waals surface area contributed by atoms with Crippen molar-refractivity contribution in [3.8, 4) is 0 Å². The van der Waals surface area contributed by atoms with Crippen LogP contribution in [-0.4, -0.2) is 23.3 Å². The molecule has 0 fully saturated rings. The highest BCUT2D eigenvalue weighted by atomic mass is 35.5. The first-order valence-electron chi connectivity index (χ1n) is 6.18. The third-order valence-corrected chi connectivity index (χ3v) is 3.41. The van der Waals surface area contributed by atoms with Crippen molar-refractivity contribution in [2.75, 3.05) is 22.5 Å². The van der Waals surface area contributed by atoms with E-state index in [1.807, 2.05) is 0 Å². The maximum atomic E-state index is 12.6. The first-order valence-corrected chi connectivity index (χ1v) is 6.56. The van der Waals surface area contributed by atoms with E-state index in [-0.39, 0.29) is 23.2 Å². The molecule has 106 valence electrons. The molecular weight excluding hydrogens is 292 g/mol. The Labute approximate surface area is 125 Å². The minimum absolute atomic E-state index is 0.0534. The van der Waals surface area contributed by atoms with Crippen molar-refractivity contribution >= 4 is 40.5 Å². The molecular formula is C14H11ClN4O2. The van der Waals surface area contributed by atoms with Crippen LogP contribution in [0.1, 0.15) is 10.4 Å². The van der Waals surface area contributed by atoms with E-state index in [4.69, 9.17) is 17.3 Å². The van der Waals surface area contributed by atoms with Gasteiger partial charge >= 0.3 is 0 Å². The van der Waals surface area contributed by atoms with Crippen LogP contribution in [0.15, 0.2) is 36.5 Å². The zero-order chi connectivity index (χ0) is 15.0. The number of pyridine rings is 1. The lowest BCUT2D eigenvalue weighted by Gasteiger charge is -2.29. The van der Waals surface area contributed by atoms with Gasteiger partial charge in [0.05, 0.1) is 28.8 Å². The molecule has 0 spiro atoms. The Morgan fingerprint density at radius 2 is 2.14 bits per heavy atom. The zero-order valence-electron chi connectivity index (χ0n) is 10.8. The van der Waals surface area contributed by atoms with E-state index in [9.17, 15) is 9.59 Å². The van der Waals surface area contributed by atoms with Gasteiger partial charge in [0.2, 0.25) is 5.91 Å². The summed E-state index contributed by atoms with van der Waals surface area (Å²) in [7, 11) is 0. The van der Waals surface area contributed by atoms with Crippen LogP contribution >= 0.6 is 11.6 Å². The van der Waals surface area contributed by atoms with Crippen LogP contribution in [0.5, 0.6) is 0 Å². The van der Waals surface area contributed by atoms with Crippen LogP contribution < -0.4 is 16.0 Å². The number of benzene rings is 1. The van der Waals surface area contributed by atoms with Crippen molar-refractivity contribution in [2.45, 2.75) is 0 Å². The molecule has 21 heavy (non-hydrogen) atoms. The summed E-state index contributed by atoms with van der Waals surface area (Å²) in [6, 6.07) is 8.50. The van der Waals surface area contributed by atoms with Gasteiger partial charge in [-0.15, -0.1) is 0 Å². The lowest BCUT2D eigenvalue weighted by Crippen LogP contribution is -2.42. The predicted octanol–water partition coefficient (Wildman–Crippen LogP) is 1.92. The fourth-order valence-corrected chi connectivity index (χ4v) is 2.36. The van der Waals surface area contributed by atoms with Crippen molar-refractivity contribution < 1.29 is 9.59 Å². The molecule has 7 heteroatoms. The Morgan fingerprint density at radius 3 is 2.95 bits per heavy atom. The minimum Gasteiger partial charge on any atom is -0.397 e. The zero-order valence-corrected chi connectivity index (χ0v) is 11.6. The van der Waals surface area contributed by atoms with E-state index in [0.29, 0.717) is 17.1 Å². The number of nitrogen functional groups attached to an aromatic ring is 1. The van der Waals surface area contributed by atoms with Crippen molar-refractivity contribution in [1.29, 1.82) is 0 Å². The number of anilines is 3. The fourth-order valence-electron chi connectivity index (χ4n) is 2.17. The Hall–Kier alpha value is -2.60. The van der Waals surface area contributed by atoms with Crippen molar-refractivity contribution in [1.82, 2.24) is 4.98 Å².